The summed E-state index contributed by atoms with van der Waals surface area (Å²) in [5.41, 5.74) is 15.4. The third-order valence-corrected chi connectivity index (χ3v) is 15.8. The van der Waals surface area contributed by atoms with Gasteiger partial charge in [0.05, 0.1) is 0 Å². The topological polar surface area (TPSA) is 26.3 Å². The number of hydrogen-bond donors (Lipinski definition) is 0. The van der Waals surface area contributed by atoms with Crippen LogP contribution in [0.15, 0.2) is 264 Å². The molecule has 0 N–H and O–H groups in total. The second-order valence-electron chi connectivity index (χ2n) is 19.7. The molecule has 0 aliphatic rings. The van der Waals surface area contributed by atoms with E-state index in [0.717, 1.165) is 87.7 Å². The van der Waals surface area contributed by atoms with E-state index in [1.54, 1.807) is 0 Å². The molecule has 16 rings (SSSR count). The summed E-state index contributed by atoms with van der Waals surface area (Å²) < 4.78 is 14.1. The molecular formula is C72H42O2. The van der Waals surface area contributed by atoms with Gasteiger partial charge in [-0.3, -0.25) is 0 Å². The molecule has 0 atom stereocenters. The average Bonchev–Trinajstić information content (AvgIpc) is 4.10. The minimum Gasteiger partial charge on any atom is -0.455 e. The van der Waals surface area contributed by atoms with Crippen molar-refractivity contribution in [1.82, 2.24) is 0 Å². The first-order valence-corrected chi connectivity index (χ1v) is 25.5. The lowest BCUT2D eigenvalue weighted by Gasteiger charge is -2.19. The Bertz CT molecular complexity index is 4880. The molecule has 2 aromatic heterocycles. The minimum absolute atomic E-state index is 0.884. The molecule has 0 unspecified atom stereocenters. The fraction of sp³-hybridized carbons (Fsp3) is 0. The molecule has 0 radical (unpaired) electrons. The minimum atomic E-state index is 0.884. The summed E-state index contributed by atoms with van der Waals surface area (Å²) >= 11 is 0. The van der Waals surface area contributed by atoms with E-state index in [1.165, 1.54) is 76.5 Å². The number of furan rings is 2. The van der Waals surface area contributed by atoms with Crippen LogP contribution in [0.25, 0.3) is 164 Å². The third kappa shape index (κ3) is 5.94. The van der Waals surface area contributed by atoms with Gasteiger partial charge in [0.15, 0.2) is 0 Å². The highest BCUT2D eigenvalue weighted by Gasteiger charge is 2.25. The van der Waals surface area contributed by atoms with Crippen molar-refractivity contribution < 1.29 is 8.83 Å². The monoisotopic (exact) mass is 938 g/mol. The van der Waals surface area contributed by atoms with Crippen molar-refractivity contribution >= 4 is 109 Å². The van der Waals surface area contributed by atoms with Crippen LogP contribution in [-0.2, 0) is 0 Å². The summed E-state index contributed by atoms with van der Waals surface area (Å²) in [5, 5.41) is 18.7. The molecule has 0 aliphatic heterocycles. The lowest BCUT2D eigenvalue weighted by atomic mass is 9.84. The van der Waals surface area contributed by atoms with E-state index in [2.05, 4.69) is 255 Å². The Hall–Kier alpha value is -9.76. The van der Waals surface area contributed by atoms with Crippen LogP contribution in [0.2, 0.25) is 0 Å². The SMILES string of the molecule is c1ccc(-c2c3ccccc3c(-c3c4ccc(-c5ccc6c(ccc7c8cccc(-c9c%10ccccc%10c(-c%10ccccc%10)c%10ccccc9%10)c8oc67)c5)cc4cc4c3oc3ccccc34)c3ccccc23)cc1. The Morgan fingerprint density at radius 2 is 0.635 bits per heavy atom. The number of para-hydroxylation sites is 2. The highest BCUT2D eigenvalue weighted by molar-refractivity contribution is 6.29. The van der Waals surface area contributed by atoms with Crippen LogP contribution < -0.4 is 0 Å². The molecular weight excluding hydrogens is 897 g/mol. The third-order valence-electron chi connectivity index (χ3n) is 15.8. The molecule has 74 heavy (non-hydrogen) atoms. The van der Waals surface area contributed by atoms with Crippen molar-refractivity contribution in [2.45, 2.75) is 0 Å². The lowest BCUT2D eigenvalue weighted by molar-refractivity contribution is 0.670. The standard InChI is InChI=1S/C72H42O2/c1-3-18-43(19-4-1)65-52-23-7-11-27-56(52)67(57-28-12-8-24-53(57)65)62-32-17-31-60-61-39-36-47-40-45(35-38-50(47)70(61)74-71(60)62)46-34-37-49-48(41-46)42-63-51-22-15-16-33-64(51)73-72(63)69(49)68-58-29-13-9-25-54(58)66(44-20-5-2-6-21-44)55-26-10-14-30-59(55)68/h1-42H. The highest BCUT2D eigenvalue weighted by atomic mass is 16.3. The Balaban J connectivity index is 0.883. The van der Waals surface area contributed by atoms with Gasteiger partial charge in [0, 0.05) is 49.2 Å². The van der Waals surface area contributed by atoms with Crippen LogP contribution in [-0.4, -0.2) is 0 Å². The summed E-state index contributed by atoms with van der Waals surface area (Å²) in [6.45, 7) is 0. The second kappa shape index (κ2) is 15.9. The maximum absolute atomic E-state index is 7.18. The molecule has 0 saturated carbocycles. The van der Waals surface area contributed by atoms with Crippen molar-refractivity contribution in [3.8, 4) is 55.6 Å². The normalized spacial score (nSPS) is 12.1. The molecule has 0 fully saturated rings. The van der Waals surface area contributed by atoms with Crippen LogP contribution in [0.5, 0.6) is 0 Å². The van der Waals surface area contributed by atoms with Gasteiger partial charge in [0.25, 0.3) is 0 Å². The van der Waals surface area contributed by atoms with Crippen LogP contribution in [0.3, 0.4) is 0 Å². The van der Waals surface area contributed by atoms with E-state index in [9.17, 15) is 0 Å². The van der Waals surface area contributed by atoms with Gasteiger partial charge >= 0.3 is 0 Å². The predicted octanol–water partition coefficient (Wildman–Crippen LogP) is 20.7. The van der Waals surface area contributed by atoms with Crippen LogP contribution in [0.4, 0.5) is 0 Å². The van der Waals surface area contributed by atoms with Gasteiger partial charge < -0.3 is 8.83 Å². The molecule has 0 saturated heterocycles. The summed E-state index contributed by atoms with van der Waals surface area (Å²) in [4.78, 5) is 0. The van der Waals surface area contributed by atoms with Gasteiger partial charge in [-0.2, -0.15) is 0 Å². The van der Waals surface area contributed by atoms with Crippen LogP contribution in [0, 0.1) is 0 Å². The Morgan fingerprint density at radius 1 is 0.189 bits per heavy atom. The van der Waals surface area contributed by atoms with Gasteiger partial charge in [-0.1, -0.05) is 218 Å². The largest absolute Gasteiger partial charge is 0.455 e. The van der Waals surface area contributed by atoms with E-state index < -0.39 is 0 Å². The molecule has 16 aromatic rings. The van der Waals surface area contributed by atoms with Crippen molar-refractivity contribution in [3.63, 3.8) is 0 Å². The second-order valence-corrected chi connectivity index (χ2v) is 19.7. The fourth-order valence-corrected chi connectivity index (χ4v) is 12.6. The molecule has 342 valence electrons. The summed E-state index contributed by atoms with van der Waals surface area (Å²) in [6.07, 6.45) is 0. The predicted molar refractivity (Wildman–Crippen MR) is 313 cm³/mol. The van der Waals surface area contributed by atoms with E-state index in [4.69, 9.17) is 8.83 Å². The molecule has 2 heterocycles. The van der Waals surface area contributed by atoms with E-state index in [0.29, 0.717) is 0 Å². The number of hydrogen-bond acceptors (Lipinski definition) is 2. The molecule has 2 heteroatoms. The van der Waals surface area contributed by atoms with Crippen molar-refractivity contribution in [2.75, 3.05) is 0 Å². The fourth-order valence-electron chi connectivity index (χ4n) is 12.6. The van der Waals surface area contributed by atoms with E-state index in [-0.39, 0.29) is 0 Å². The quantitative estimate of drug-likeness (QED) is 0.161. The molecule has 2 nitrogen and oxygen atoms in total. The zero-order valence-electron chi connectivity index (χ0n) is 40.1. The number of benzene rings is 14. The first kappa shape index (κ1) is 40.9. The molecule has 0 bridgehead atoms. The Morgan fingerprint density at radius 3 is 1.22 bits per heavy atom. The maximum Gasteiger partial charge on any atom is 0.143 e. The first-order valence-electron chi connectivity index (χ1n) is 25.5. The maximum atomic E-state index is 7.18. The zero-order valence-corrected chi connectivity index (χ0v) is 40.1. The highest BCUT2D eigenvalue weighted by Crippen LogP contribution is 2.51. The van der Waals surface area contributed by atoms with Crippen LogP contribution in [0.1, 0.15) is 0 Å². The van der Waals surface area contributed by atoms with Crippen molar-refractivity contribution in [2.24, 2.45) is 0 Å². The smallest absolute Gasteiger partial charge is 0.143 e. The van der Waals surface area contributed by atoms with Gasteiger partial charge in [-0.25, -0.2) is 0 Å². The number of rotatable bonds is 5. The van der Waals surface area contributed by atoms with Crippen molar-refractivity contribution in [3.05, 3.63) is 255 Å². The van der Waals surface area contributed by atoms with Crippen molar-refractivity contribution in [1.29, 1.82) is 0 Å². The Kier molecular flexibility index (Phi) is 8.78. The summed E-state index contributed by atoms with van der Waals surface area (Å²) in [6, 6.07) is 92.8. The first-order chi connectivity index (χ1) is 36.7. The van der Waals surface area contributed by atoms with Gasteiger partial charge in [-0.15, -0.1) is 0 Å². The van der Waals surface area contributed by atoms with E-state index in [1.807, 2.05) is 0 Å². The number of fused-ring (bicyclic) bond motifs is 13. The summed E-state index contributed by atoms with van der Waals surface area (Å²) in [5.74, 6) is 0. The lowest BCUT2D eigenvalue weighted by Crippen LogP contribution is -1.92. The van der Waals surface area contributed by atoms with Gasteiger partial charge in [-0.05, 0) is 129 Å². The molecule has 0 aliphatic carbocycles. The molecule has 0 spiro atoms. The zero-order chi connectivity index (χ0) is 48.4. The summed E-state index contributed by atoms with van der Waals surface area (Å²) in [7, 11) is 0. The van der Waals surface area contributed by atoms with Crippen LogP contribution >= 0.6 is 0 Å². The van der Waals surface area contributed by atoms with Gasteiger partial charge in [0.1, 0.15) is 22.3 Å². The van der Waals surface area contributed by atoms with E-state index >= 15 is 0 Å². The molecule has 14 aromatic carbocycles. The molecule has 0 amide bonds. The Labute approximate surface area is 425 Å². The average molecular weight is 939 g/mol. The van der Waals surface area contributed by atoms with Gasteiger partial charge in [0.2, 0.25) is 0 Å².